The monoisotopic (exact) mass is 183 g/mol. The SMILES string of the molecule is C/N=C\C(N)=N/[C@@H](C)[C@@H](C)C(C)C. The van der Waals surface area contributed by atoms with Gasteiger partial charge in [0.15, 0.2) is 0 Å². The van der Waals surface area contributed by atoms with Gasteiger partial charge in [0.05, 0.1) is 12.3 Å². The number of aliphatic imine (C=N–C) groups is 2. The molecule has 0 radical (unpaired) electrons. The second-order valence-electron chi connectivity index (χ2n) is 3.79. The van der Waals surface area contributed by atoms with Gasteiger partial charge in [0.1, 0.15) is 5.84 Å². The minimum atomic E-state index is 0.262. The Morgan fingerprint density at radius 1 is 1.23 bits per heavy atom. The van der Waals surface area contributed by atoms with Crippen molar-refractivity contribution in [1.82, 2.24) is 0 Å². The number of hydrogen-bond acceptors (Lipinski definition) is 2. The van der Waals surface area contributed by atoms with Gasteiger partial charge < -0.3 is 5.73 Å². The summed E-state index contributed by atoms with van der Waals surface area (Å²) in [7, 11) is 1.69. The molecule has 0 spiro atoms. The average molecular weight is 183 g/mol. The number of hydrogen-bond donors (Lipinski definition) is 1. The third-order valence-corrected chi connectivity index (χ3v) is 2.43. The minimum Gasteiger partial charge on any atom is -0.383 e. The van der Waals surface area contributed by atoms with Crippen LogP contribution in [-0.4, -0.2) is 25.1 Å². The molecule has 0 saturated carbocycles. The van der Waals surface area contributed by atoms with E-state index < -0.39 is 0 Å². The van der Waals surface area contributed by atoms with E-state index in [-0.39, 0.29) is 6.04 Å². The third-order valence-electron chi connectivity index (χ3n) is 2.43. The molecule has 0 bridgehead atoms. The first-order chi connectivity index (χ1) is 5.99. The summed E-state index contributed by atoms with van der Waals surface area (Å²) in [5.41, 5.74) is 5.62. The average Bonchev–Trinajstić information content (AvgIpc) is 2.03. The Hall–Kier alpha value is -0.860. The molecule has 2 atom stereocenters. The van der Waals surface area contributed by atoms with Crippen molar-refractivity contribution in [2.45, 2.75) is 33.7 Å². The van der Waals surface area contributed by atoms with Gasteiger partial charge in [0, 0.05) is 7.05 Å². The van der Waals surface area contributed by atoms with E-state index in [9.17, 15) is 0 Å². The minimum absolute atomic E-state index is 0.262. The molecule has 3 heteroatoms. The lowest BCUT2D eigenvalue weighted by Gasteiger charge is -2.19. The Morgan fingerprint density at radius 2 is 1.77 bits per heavy atom. The summed E-state index contributed by atoms with van der Waals surface area (Å²) in [6, 6.07) is 0.262. The fourth-order valence-electron chi connectivity index (χ4n) is 1.08. The molecule has 2 N–H and O–H groups in total. The van der Waals surface area contributed by atoms with E-state index >= 15 is 0 Å². The highest BCUT2D eigenvalue weighted by Gasteiger charge is 2.14. The highest BCUT2D eigenvalue weighted by atomic mass is 14.9. The first kappa shape index (κ1) is 12.1. The van der Waals surface area contributed by atoms with Crippen LogP contribution in [0.2, 0.25) is 0 Å². The van der Waals surface area contributed by atoms with Gasteiger partial charge in [-0.25, -0.2) is 0 Å². The van der Waals surface area contributed by atoms with Crippen LogP contribution in [0.5, 0.6) is 0 Å². The predicted octanol–water partition coefficient (Wildman–Crippen LogP) is 1.72. The van der Waals surface area contributed by atoms with Gasteiger partial charge in [-0.3, -0.25) is 9.98 Å². The zero-order valence-corrected chi connectivity index (χ0v) is 9.28. The first-order valence-corrected chi connectivity index (χ1v) is 4.74. The zero-order valence-electron chi connectivity index (χ0n) is 9.28. The molecule has 0 unspecified atom stereocenters. The molecule has 0 rings (SSSR count). The summed E-state index contributed by atoms with van der Waals surface area (Å²) >= 11 is 0. The Labute approximate surface area is 81.2 Å². The summed E-state index contributed by atoms with van der Waals surface area (Å²) in [4.78, 5) is 8.15. The van der Waals surface area contributed by atoms with Crippen molar-refractivity contribution in [2.75, 3.05) is 7.05 Å². The summed E-state index contributed by atoms with van der Waals surface area (Å²) < 4.78 is 0. The van der Waals surface area contributed by atoms with Crippen LogP contribution in [0.15, 0.2) is 9.98 Å². The molecule has 0 heterocycles. The van der Waals surface area contributed by atoms with Crippen LogP contribution >= 0.6 is 0 Å². The van der Waals surface area contributed by atoms with Gasteiger partial charge in [0.2, 0.25) is 0 Å². The maximum absolute atomic E-state index is 5.62. The molecular formula is C10H21N3. The Bertz CT molecular complexity index is 194. The molecule has 76 valence electrons. The van der Waals surface area contributed by atoms with Crippen LogP contribution < -0.4 is 5.73 Å². The maximum atomic E-state index is 5.62. The van der Waals surface area contributed by atoms with Crippen LogP contribution in [0.25, 0.3) is 0 Å². The molecule has 0 aromatic rings. The van der Waals surface area contributed by atoms with Crippen molar-refractivity contribution in [1.29, 1.82) is 0 Å². The molecule has 0 aliphatic heterocycles. The molecule has 0 saturated heterocycles. The standard InChI is InChI=1S/C10H21N3/c1-7(2)8(3)9(4)13-10(11)6-12-5/h6-9H,1-5H3,(H2,11,13)/b12-6-/t8-,9-/m0/s1. The van der Waals surface area contributed by atoms with E-state index in [2.05, 4.69) is 37.7 Å². The fourth-order valence-corrected chi connectivity index (χ4v) is 1.08. The van der Waals surface area contributed by atoms with E-state index in [1.807, 2.05) is 0 Å². The number of nitrogens with two attached hydrogens (primary N) is 1. The lowest BCUT2D eigenvalue weighted by atomic mass is 9.92. The van der Waals surface area contributed by atoms with Crippen LogP contribution in [0.3, 0.4) is 0 Å². The Kier molecular flexibility index (Phi) is 5.35. The Morgan fingerprint density at radius 3 is 2.15 bits per heavy atom. The number of nitrogens with zero attached hydrogens (tertiary/aromatic N) is 2. The predicted molar refractivity (Wildman–Crippen MR) is 59.5 cm³/mol. The maximum Gasteiger partial charge on any atom is 0.136 e. The van der Waals surface area contributed by atoms with Crippen molar-refractivity contribution in [3.63, 3.8) is 0 Å². The molecule has 13 heavy (non-hydrogen) atoms. The van der Waals surface area contributed by atoms with Crippen molar-refractivity contribution < 1.29 is 0 Å². The van der Waals surface area contributed by atoms with E-state index in [0.717, 1.165) is 0 Å². The van der Waals surface area contributed by atoms with E-state index in [0.29, 0.717) is 17.7 Å². The second kappa shape index (κ2) is 5.73. The molecule has 0 aliphatic rings. The summed E-state index contributed by atoms with van der Waals surface area (Å²) in [6.45, 7) is 8.66. The summed E-state index contributed by atoms with van der Waals surface area (Å²) in [5, 5.41) is 0. The Balaban J connectivity index is 4.27. The van der Waals surface area contributed by atoms with Gasteiger partial charge in [-0.2, -0.15) is 0 Å². The fraction of sp³-hybridized carbons (Fsp3) is 0.800. The number of amidine groups is 1. The van der Waals surface area contributed by atoms with E-state index in [1.54, 1.807) is 13.3 Å². The van der Waals surface area contributed by atoms with Gasteiger partial charge in [-0.15, -0.1) is 0 Å². The molecule has 0 fully saturated rings. The van der Waals surface area contributed by atoms with Crippen LogP contribution in [0.4, 0.5) is 0 Å². The lowest BCUT2D eigenvalue weighted by molar-refractivity contribution is 0.364. The van der Waals surface area contributed by atoms with E-state index in [4.69, 9.17) is 5.73 Å². The number of rotatable bonds is 4. The highest BCUT2D eigenvalue weighted by molar-refractivity contribution is 6.28. The van der Waals surface area contributed by atoms with Crippen molar-refractivity contribution in [3.05, 3.63) is 0 Å². The summed E-state index contributed by atoms with van der Waals surface area (Å²) in [6.07, 6.45) is 1.59. The topological polar surface area (TPSA) is 50.7 Å². The zero-order chi connectivity index (χ0) is 10.4. The van der Waals surface area contributed by atoms with Gasteiger partial charge >= 0.3 is 0 Å². The van der Waals surface area contributed by atoms with Crippen LogP contribution in [0.1, 0.15) is 27.7 Å². The highest BCUT2D eigenvalue weighted by Crippen LogP contribution is 2.16. The molecular weight excluding hydrogens is 162 g/mol. The van der Waals surface area contributed by atoms with Crippen molar-refractivity contribution in [2.24, 2.45) is 27.6 Å². The van der Waals surface area contributed by atoms with Gasteiger partial charge in [0.25, 0.3) is 0 Å². The quantitative estimate of drug-likeness (QED) is 0.523. The van der Waals surface area contributed by atoms with E-state index in [1.165, 1.54) is 0 Å². The lowest BCUT2D eigenvalue weighted by Crippen LogP contribution is -2.23. The van der Waals surface area contributed by atoms with Gasteiger partial charge in [-0.1, -0.05) is 20.8 Å². The molecule has 0 amide bonds. The second-order valence-corrected chi connectivity index (χ2v) is 3.79. The van der Waals surface area contributed by atoms with Crippen molar-refractivity contribution in [3.8, 4) is 0 Å². The molecule has 3 nitrogen and oxygen atoms in total. The van der Waals surface area contributed by atoms with Gasteiger partial charge in [-0.05, 0) is 18.8 Å². The van der Waals surface area contributed by atoms with Crippen molar-refractivity contribution >= 4 is 12.1 Å². The largest absolute Gasteiger partial charge is 0.383 e. The molecule has 0 aliphatic carbocycles. The third kappa shape index (κ3) is 4.65. The van der Waals surface area contributed by atoms with Crippen LogP contribution in [0, 0.1) is 11.8 Å². The normalized spacial score (nSPS) is 18.2. The smallest absolute Gasteiger partial charge is 0.136 e. The summed E-state index contributed by atoms with van der Waals surface area (Å²) in [5.74, 6) is 1.69. The molecule has 0 aromatic carbocycles. The molecule has 0 aromatic heterocycles. The van der Waals surface area contributed by atoms with Crippen LogP contribution in [-0.2, 0) is 0 Å². The first-order valence-electron chi connectivity index (χ1n) is 4.74.